The van der Waals surface area contributed by atoms with E-state index in [1.54, 1.807) is 21.3 Å². The number of hydrogen-bond donors (Lipinski definition) is 1. The van der Waals surface area contributed by atoms with Crippen molar-refractivity contribution in [2.75, 3.05) is 40.9 Å². The van der Waals surface area contributed by atoms with Gasteiger partial charge in [0, 0.05) is 33.9 Å². The molecule has 0 aliphatic carbocycles. The minimum Gasteiger partial charge on any atom is -0.377 e. The maximum absolute atomic E-state index is 9.09. The van der Waals surface area contributed by atoms with Gasteiger partial charge in [-0.25, -0.2) is 0 Å². The molecule has 1 heterocycles. The maximum atomic E-state index is 9.09. The van der Waals surface area contributed by atoms with Gasteiger partial charge in [-0.1, -0.05) is 0 Å². The van der Waals surface area contributed by atoms with E-state index in [1.165, 1.54) is 0 Å². The number of nitrogens with one attached hydrogen (secondary N) is 1. The zero-order valence-electron chi connectivity index (χ0n) is 10.5. The predicted molar refractivity (Wildman–Crippen MR) is 61.1 cm³/mol. The van der Waals surface area contributed by atoms with Crippen LogP contribution in [-0.2, 0) is 9.47 Å². The molecule has 0 bridgehead atoms. The van der Waals surface area contributed by atoms with Gasteiger partial charge in [-0.05, 0) is 14.0 Å². The lowest BCUT2D eigenvalue weighted by Crippen LogP contribution is -2.48. The summed E-state index contributed by atoms with van der Waals surface area (Å²) in [5.41, 5.74) is -0.513. The Balaban J connectivity index is 2.56. The number of nitrogens with zero attached hydrogens (tertiary/aromatic N) is 2. The molecule has 0 radical (unpaired) electrons. The average Bonchev–Trinajstić information content (AvgIpc) is 2.70. The standard InChI is InChI=1S/C11H21N3O2/c1-11(7-12,13-2)8-14-5-9(15-3)10(6-14)16-4/h9-10,13H,5-6,8H2,1-4H3. The molecule has 3 unspecified atom stereocenters. The Morgan fingerprint density at radius 1 is 1.38 bits per heavy atom. The second-order valence-electron chi connectivity index (χ2n) is 4.44. The Hall–Kier alpha value is -0.670. The quantitative estimate of drug-likeness (QED) is 0.707. The molecular weight excluding hydrogens is 206 g/mol. The third kappa shape index (κ3) is 2.92. The molecule has 1 aliphatic rings. The van der Waals surface area contributed by atoms with Crippen molar-refractivity contribution in [3.05, 3.63) is 0 Å². The van der Waals surface area contributed by atoms with Gasteiger partial charge in [0.1, 0.15) is 5.54 Å². The van der Waals surface area contributed by atoms with Crippen LogP contribution in [0.15, 0.2) is 0 Å². The fourth-order valence-electron chi connectivity index (χ4n) is 2.02. The molecule has 0 saturated carbocycles. The van der Waals surface area contributed by atoms with E-state index in [0.29, 0.717) is 6.54 Å². The van der Waals surface area contributed by atoms with Crippen LogP contribution in [0.1, 0.15) is 6.92 Å². The summed E-state index contributed by atoms with van der Waals surface area (Å²) >= 11 is 0. The molecule has 0 spiro atoms. The summed E-state index contributed by atoms with van der Waals surface area (Å²) in [6.45, 7) is 4.20. The van der Waals surface area contributed by atoms with Crippen LogP contribution in [0, 0.1) is 11.3 Å². The first-order valence-corrected chi connectivity index (χ1v) is 5.46. The summed E-state index contributed by atoms with van der Waals surface area (Å²) in [6, 6.07) is 2.29. The van der Waals surface area contributed by atoms with Crippen molar-refractivity contribution in [3.63, 3.8) is 0 Å². The van der Waals surface area contributed by atoms with Crippen molar-refractivity contribution < 1.29 is 9.47 Å². The summed E-state index contributed by atoms with van der Waals surface area (Å²) in [7, 11) is 5.20. The highest BCUT2D eigenvalue weighted by Crippen LogP contribution is 2.18. The number of ether oxygens (including phenoxy) is 2. The average molecular weight is 227 g/mol. The maximum Gasteiger partial charge on any atom is 0.116 e. The highest BCUT2D eigenvalue weighted by Gasteiger charge is 2.36. The van der Waals surface area contributed by atoms with E-state index in [0.717, 1.165) is 13.1 Å². The van der Waals surface area contributed by atoms with Gasteiger partial charge in [0.05, 0.1) is 18.3 Å². The second-order valence-corrected chi connectivity index (χ2v) is 4.44. The zero-order chi connectivity index (χ0) is 12.2. The summed E-state index contributed by atoms with van der Waals surface area (Å²) in [5.74, 6) is 0. The van der Waals surface area contributed by atoms with Gasteiger partial charge in [-0.15, -0.1) is 0 Å². The molecule has 1 saturated heterocycles. The van der Waals surface area contributed by atoms with E-state index in [-0.39, 0.29) is 12.2 Å². The third-order valence-corrected chi connectivity index (χ3v) is 3.23. The summed E-state index contributed by atoms with van der Waals surface area (Å²) in [4.78, 5) is 2.20. The number of nitriles is 1. The molecule has 5 nitrogen and oxygen atoms in total. The molecule has 0 amide bonds. The molecule has 0 aromatic rings. The van der Waals surface area contributed by atoms with Crippen LogP contribution < -0.4 is 5.32 Å². The van der Waals surface area contributed by atoms with Crippen LogP contribution >= 0.6 is 0 Å². The van der Waals surface area contributed by atoms with Crippen LogP contribution in [0.25, 0.3) is 0 Å². The highest BCUT2D eigenvalue weighted by molar-refractivity contribution is 5.06. The van der Waals surface area contributed by atoms with Crippen molar-refractivity contribution in [3.8, 4) is 6.07 Å². The molecule has 0 aromatic carbocycles. The molecule has 1 aliphatic heterocycles. The van der Waals surface area contributed by atoms with Crippen LogP contribution in [-0.4, -0.2) is 63.5 Å². The van der Waals surface area contributed by atoms with Crippen molar-refractivity contribution >= 4 is 0 Å². The summed E-state index contributed by atoms with van der Waals surface area (Å²) in [5, 5.41) is 12.1. The Bertz CT molecular complexity index is 254. The first-order chi connectivity index (χ1) is 7.58. The topological polar surface area (TPSA) is 57.5 Å². The Morgan fingerprint density at radius 3 is 2.19 bits per heavy atom. The minimum absolute atomic E-state index is 0.102. The molecule has 3 atom stereocenters. The van der Waals surface area contributed by atoms with Crippen LogP contribution in [0.2, 0.25) is 0 Å². The first kappa shape index (κ1) is 13.4. The molecule has 0 aromatic heterocycles. The normalized spacial score (nSPS) is 29.9. The van der Waals surface area contributed by atoms with Gasteiger partial charge in [0.15, 0.2) is 0 Å². The fourth-order valence-corrected chi connectivity index (χ4v) is 2.02. The fraction of sp³-hybridized carbons (Fsp3) is 0.909. The molecule has 5 heteroatoms. The molecule has 1 fully saturated rings. The summed E-state index contributed by atoms with van der Waals surface area (Å²) < 4.78 is 10.7. The second kappa shape index (κ2) is 5.60. The lowest BCUT2D eigenvalue weighted by Gasteiger charge is -2.26. The van der Waals surface area contributed by atoms with Gasteiger partial charge < -0.3 is 14.8 Å². The largest absolute Gasteiger partial charge is 0.377 e. The number of rotatable bonds is 5. The Morgan fingerprint density at radius 2 is 1.88 bits per heavy atom. The zero-order valence-corrected chi connectivity index (χ0v) is 10.5. The third-order valence-electron chi connectivity index (χ3n) is 3.23. The first-order valence-electron chi connectivity index (χ1n) is 5.46. The summed E-state index contributed by atoms with van der Waals surface area (Å²) in [6.07, 6.45) is 0.203. The SMILES string of the molecule is CNC(C)(C#N)CN1CC(OC)C(OC)C1. The molecule has 92 valence electrons. The molecule has 1 N–H and O–H groups in total. The molecular formula is C11H21N3O2. The van der Waals surface area contributed by atoms with E-state index in [9.17, 15) is 0 Å². The monoisotopic (exact) mass is 227 g/mol. The number of likely N-dealkylation sites (tertiary alicyclic amines) is 1. The smallest absolute Gasteiger partial charge is 0.116 e. The van der Waals surface area contributed by atoms with Crippen molar-refractivity contribution in [1.29, 1.82) is 5.26 Å². The van der Waals surface area contributed by atoms with Crippen molar-refractivity contribution in [2.45, 2.75) is 24.7 Å². The lowest BCUT2D eigenvalue weighted by atomic mass is 10.1. The van der Waals surface area contributed by atoms with E-state index >= 15 is 0 Å². The molecule has 16 heavy (non-hydrogen) atoms. The van der Waals surface area contributed by atoms with Crippen molar-refractivity contribution in [1.82, 2.24) is 10.2 Å². The van der Waals surface area contributed by atoms with Crippen molar-refractivity contribution in [2.24, 2.45) is 0 Å². The number of likely N-dealkylation sites (N-methyl/N-ethyl adjacent to an activating group) is 1. The van der Waals surface area contributed by atoms with Gasteiger partial charge in [-0.3, -0.25) is 4.90 Å². The van der Waals surface area contributed by atoms with Crippen LogP contribution in [0.4, 0.5) is 0 Å². The van der Waals surface area contributed by atoms with E-state index in [4.69, 9.17) is 14.7 Å². The lowest BCUT2D eigenvalue weighted by molar-refractivity contribution is -0.00461. The Labute approximate surface area is 97.3 Å². The highest BCUT2D eigenvalue weighted by atomic mass is 16.5. The van der Waals surface area contributed by atoms with Gasteiger partial charge in [0.25, 0.3) is 0 Å². The molecule has 1 rings (SSSR count). The van der Waals surface area contributed by atoms with Crippen LogP contribution in [0.3, 0.4) is 0 Å². The minimum atomic E-state index is -0.513. The van der Waals surface area contributed by atoms with E-state index in [2.05, 4.69) is 16.3 Å². The van der Waals surface area contributed by atoms with Gasteiger partial charge in [0.2, 0.25) is 0 Å². The number of methoxy groups -OCH3 is 2. The predicted octanol–water partition coefficient (Wildman–Crippen LogP) is -0.166. The van der Waals surface area contributed by atoms with E-state index in [1.807, 2.05) is 6.92 Å². The number of hydrogen-bond acceptors (Lipinski definition) is 5. The van der Waals surface area contributed by atoms with Gasteiger partial charge >= 0.3 is 0 Å². The van der Waals surface area contributed by atoms with Crippen LogP contribution in [0.5, 0.6) is 0 Å². The van der Waals surface area contributed by atoms with E-state index < -0.39 is 5.54 Å². The Kier molecular flexibility index (Phi) is 4.69. The van der Waals surface area contributed by atoms with Gasteiger partial charge in [-0.2, -0.15) is 5.26 Å².